The monoisotopic (exact) mass is 287 g/mol. The van der Waals surface area contributed by atoms with Gasteiger partial charge in [-0.1, -0.05) is 0 Å². The van der Waals surface area contributed by atoms with Crippen LogP contribution in [-0.4, -0.2) is 34.5 Å². The predicted molar refractivity (Wildman–Crippen MR) is 75.2 cm³/mol. The minimum Gasteiger partial charge on any atom is -0.494 e. The molecule has 0 bridgehead atoms. The molecule has 108 valence electrons. The number of methoxy groups -OCH3 is 1. The van der Waals surface area contributed by atoms with Crippen molar-refractivity contribution in [2.75, 3.05) is 31.8 Å². The summed E-state index contributed by atoms with van der Waals surface area (Å²) >= 11 is 0. The summed E-state index contributed by atoms with van der Waals surface area (Å²) in [4.78, 5) is 0.149. The highest BCUT2D eigenvalue weighted by atomic mass is 32.2. The molecule has 0 aliphatic rings. The van der Waals surface area contributed by atoms with Crippen LogP contribution in [0.2, 0.25) is 0 Å². The zero-order chi connectivity index (χ0) is 14.3. The molecule has 0 amide bonds. The first kappa shape index (κ1) is 15.8. The van der Waals surface area contributed by atoms with Crippen molar-refractivity contribution in [3.63, 3.8) is 0 Å². The zero-order valence-corrected chi connectivity index (χ0v) is 12.2. The number of unbranched alkanes of at least 4 members (excludes halogenated alkanes) is 1. The van der Waals surface area contributed by atoms with Crippen molar-refractivity contribution in [1.82, 2.24) is 0 Å². The number of sulfone groups is 1. The molecule has 0 saturated heterocycles. The van der Waals surface area contributed by atoms with Crippen LogP contribution in [0.1, 0.15) is 19.8 Å². The van der Waals surface area contributed by atoms with Crippen molar-refractivity contribution in [3.05, 3.63) is 18.2 Å². The zero-order valence-electron chi connectivity index (χ0n) is 11.4. The summed E-state index contributed by atoms with van der Waals surface area (Å²) in [5.41, 5.74) is 6.00. The number of nitrogens with two attached hydrogens (primary N) is 1. The number of rotatable bonds is 8. The topological polar surface area (TPSA) is 78.6 Å². The third kappa shape index (κ3) is 4.72. The van der Waals surface area contributed by atoms with Gasteiger partial charge in [0, 0.05) is 19.8 Å². The quantitative estimate of drug-likeness (QED) is 0.583. The summed E-state index contributed by atoms with van der Waals surface area (Å²) in [6, 6.07) is 4.72. The van der Waals surface area contributed by atoms with Crippen LogP contribution in [0.15, 0.2) is 23.1 Å². The normalized spacial score (nSPS) is 11.5. The van der Waals surface area contributed by atoms with E-state index in [4.69, 9.17) is 15.2 Å². The first-order valence-electron chi connectivity index (χ1n) is 6.25. The van der Waals surface area contributed by atoms with Crippen LogP contribution in [0.4, 0.5) is 5.69 Å². The number of benzene rings is 1. The Bertz CT molecular complexity index is 499. The third-order valence-corrected chi connectivity index (χ3v) is 4.49. The Morgan fingerprint density at radius 1 is 1.26 bits per heavy atom. The van der Waals surface area contributed by atoms with E-state index in [0.717, 1.165) is 0 Å². The highest BCUT2D eigenvalue weighted by Gasteiger charge is 2.18. The van der Waals surface area contributed by atoms with Gasteiger partial charge in [0.15, 0.2) is 9.84 Å². The van der Waals surface area contributed by atoms with E-state index in [9.17, 15) is 8.42 Å². The van der Waals surface area contributed by atoms with E-state index in [2.05, 4.69) is 0 Å². The molecule has 1 rings (SSSR count). The van der Waals surface area contributed by atoms with E-state index in [-0.39, 0.29) is 16.3 Å². The lowest BCUT2D eigenvalue weighted by Gasteiger charge is -2.10. The Kier molecular flexibility index (Phi) is 6.11. The van der Waals surface area contributed by atoms with Gasteiger partial charge in [-0.15, -0.1) is 0 Å². The number of hydrogen-bond acceptors (Lipinski definition) is 5. The standard InChI is InChI=1S/C13H21NO4S/c1-3-18-11-6-7-12(14)13(10-11)19(15,16)9-5-4-8-17-2/h6-7,10H,3-5,8-9,14H2,1-2H3. The molecule has 1 aromatic carbocycles. The lowest BCUT2D eigenvalue weighted by molar-refractivity contribution is 0.194. The first-order chi connectivity index (χ1) is 9.01. The van der Waals surface area contributed by atoms with E-state index >= 15 is 0 Å². The minimum atomic E-state index is -3.37. The van der Waals surface area contributed by atoms with E-state index in [1.807, 2.05) is 6.92 Å². The fourth-order valence-electron chi connectivity index (χ4n) is 1.69. The van der Waals surface area contributed by atoms with Crippen LogP contribution in [0.5, 0.6) is 5.75 Å². The van der Waals surface area contributed by atoms with Crippen molar-refractivity contribution >= 4 is 15.5 Å². The van der Waals surface area contributed by atoms with Crippen LogP contribution >= 0.6 is 0 Å². The fraction of sp³-hybridized carbons (Fsp3) is 0.538. The molecule has 0 unspecified atom stereocenters. The predicted octanol–water partition coefficient (Wildman–Crippen LogP) is 1.87. The maximum Gasteiger partial charge on any atom is 0.180 e. The van der Waals surface area contributed by atoms with Gasteiger partial charge in [-0.2, -0.15) is 0 Å². The minimum absolute atomic E-state index is 0.0656. The second-order valence-electron chi connectivity index (χ2n) is 4.15. The first-order valence-corrected chi connectivity index (χ1v) is 7.90. The molecule has 0 spiro atoms. The molecule has 0 saturated carbocycles. The molecule has 19 heavy (non-hydrogen) atoms. The van der Waals surface area contributed by atoms with Crippen LogP contribution in [0.3, 0.4) is 0 Å². The summed E-state index contributed by atoms with van der Waals surface area (Å²) in [6.45, 7) is 2.89. The molecule has 0 radical (unpaired) electrons. The van der Waals surface area contributed by atoms with E-state index < -0.39 is 9.84 Å². The molecule has 6 heteroatoms. The maximum absolute atomic E-state index is 12.2. The fourth-order valence-corrected chi connectivity index (χ4v) is 3.22. The summed E-state index contributed by atoms with van der Waals surface area (Å²) in [5.74, 6) is 0.586. The van der Waals surface area contributed by atoms with Gasteiger partial charge in [-0.05, 0) is 31.9 Å². The number of anilines is 1. The molecule has 0 fully saturated rings. The summed E-state index contributed by atoms with van der Waals surface area (Å²) in [5, 5.41) is 0. The molecule has 2 N–H and O–H groups in total. The Hall–Kier alpha value is -1.27. The molecule has 1 aromatic rings. The van der Waals surface area contributed by atoms with E-state index in [1.54, 1.807) is 19.2 Å². The van der Waals surface area contributed by atoms with Crippen molar-refractivity contribution in [2.45, 2.75) is 24.7 Å². The van der Waals surface area contributed by atoms with Gasteiger partial charge in [0.2, 0.25) is 0 Å². The number of nitrogen functional groups attached to an aromatic ring is 1. The summed E-state index contributed by atoms with van der Waals surface area (Å²) in [7, 11) is -1.78. The Balaban J connectivity index is 2.84. The second kappa shape index (κ2) is 7.35. The van der Waals surface area contributed by atoms with Crippen molar-refractivity contribution in [1.29, 1.82) is 0 Å². The molecular formula is C13H21NO4S. The van der Waals surface area contributed by atoms with Gasteiger partial charge in [0.25, 0.3) is 0 Å². The third-order valence-electron chi connectivity index (χ3n) is 2.64. The van der Waals surface area contributed by atoms with Gasteiger partial charge >= 0.3 is 0 Å². The smallest absolute Gasteiger partial charge is 0.180 e. The maximum atomic E-state index is 12.2. The second-order valence-corrected chi connectivity index (χ2v) is 6.23. The molecule has 0 aliphatic carbocycles. The lowest BCUT2D eigenvalue weighted by Crippen LogP contribution is -2.10. The molecule has 0 heterocycles. The van der Waals surface area contributed by atoms with Gasteiger partial charge in [0.1, 0.15) is 5.75 Å². The number of hydrogen-bond donors (Lipinski definition) is 1. The van der Waals surface area contributed by atoms with Crippen molar-refractivity contribution in [3.8, 4) is 5.75 Å². The molecule has 0 aromatic heterocycles. The Labute approximate surface area is 114 Å². The van der Waals surface area contributed by atoms with Gasteiger partial charge in [0.05, 0.1) is 22.9 Å². The number of ether oxygens (including phenoxy) is 2. The highest BCUT2D eigenvalue weighted by molar-refractivity contribution is 7.91. The van der Waals surface area contributed by atoms with Gasteiger partial charge in [-0.3, -0.25) is 0 Å². The lowest BCUT2D eigenvalue weighted by atomic mass is 10.3. The largest absolute Gasteiger partial charge is 0.494 e. The van der Waals surface area contributed by atoms with Crippen LogP contribution in [0, 0.1) is 0 Å². The molecule has 5 nitrogen and oxygen atoms in total. The Morgan fingerprint density at radius 3 is 2.63 bits per heavy atom. The average molecular weight is 287 g/mol. The van der Waals surface area contributed by atoms with Gasteiger partial charge in [-0.25, -0.2) is 8.42 Å². The van der Waals surface area contributed by atoms with E-state index in [0.29, 0.717) is 31.8 Å². The SMILES string of the molecule is CCOc1ccc(N)c(S(=O)(=O)CCCCOC)c1. The van der Waals surface area contributed by atoms with Crippen LogP contribution in [-0.2, 0) is 14.6 Å². The van der Waals surface area contributed by atoms with Crippen LogP contribution in [0.25, 0.3) is 0 Å². The Morgan fingerprint density at radius 2 is 2.00 bits per heavy atom. The van der Waals surface area contributed by atoms with Crippen molar-refractivity contribution in [2.24, 2.45) is 0 Å². The van der Waals surface area contributed by atoms with Crippen molar-refractivity contribution < 1.29 is 17.9 Å². The highest BCUT2D eigenvalue weighted by Crippen LogP contribution is 2.25. The summed E-state index contributed by atoms with van der Waals surface area (Å²) < 4.78 is 34.6. The molecule has 0 atom stereocenters. The molecular weight excluding hydrogens is 266 g/mol. The van der Waals surface area contributed by atoms with E-state index in [1.165, 1.54) is 6.07 Å². The van der Waals surface area contributed by atoms with Gasteiger partial charge < -0.3 is 15.2 Å². The average Bonchev–Trinajstić information content (AvgIpc) is 2.37. The van der Waals surface area contributed by atoms with Crippen LogP contribution < -0.4 is 10.5 Å². The summed E-state index contributed by atoms with van der Waals surface area (Å²) in [6.07, 6.45) is 1.26. The molecule has 0 aliphatic heterocycles.